The van der Waals surface area contributed by atoms with Gasteiger partial charge in [0.2, 0.25) is 0 Å². The van der Waals surface area contributed by atoms with E-state index in [-0.39, 0.29) is 0 Å². The lowest BCUT2D eigenvalue weighted by Crippen LogP contribution is -1.88. The Morgan fingerprint density at radius 1 is 0.682 bits per heavy atom. The molecule has 3 aromatic rings. The van der Waals surface area contributed by atoms with Crippen molar-refractivity contribution < 1.29 is 4.74 Å². The van der Waals surface area contributed by atoms with E-state index < -0.39 is 0 Å². The summed E-state index contributed by atoms with van der Waals surface area (Å²) in [6.07, 6.45) is 0. The van der Waals surface area contributed by atoms with Crippen molar-refractivity contribution in [2.75, 3.05) is 7.11 Å². The number of hydrogen-bond donors (Lipinski definition) is 0. The third-order valence-corrected chi connectivity index (χ3v) is 3.31. The van der Waals surface area contributed by atoms with E-state index in [2.05, 4.69) is 22.4 Å². The minimum absolute atomic E-state index is 0.715. The molecule has 0 saturated carbocycles. The zero-order valence-electron chi connectivity index (χ0n) is 12.3. The van der Waals surface area contributed by atoms with Gasteiger partial charge in [0.05, 0.1) is 12.8 Å². The topological polar surface area (TPSA) is 34.0 Å². The maximum Gasteiger partial charge on any atom is 0.154 e. The van der Waals surface area contributed by atoms with Gasteiger partial charge in [-0.05, 0) is 23.8 Å². The van der Waals surface area contributed by atoms with E-state index in [9.17, 15) is 0 Å². The highest BCUT2D eigenvalue weighted by Crippen LogP contribution is 2.38. The minimum atomic E-state index is 0.715. The van der Waals surface area contributed by atoms with Crippen LogP contribution in [0.4, 0.5) is 11.4 Å². The van der Waals surface area contributed by atoms with Crippen LogP contribution in [-0.4, -0.2) is 7.11 Å². The third kappa shape index (κ3) is 3.04. The Kier molecular flexibility index (Phi) is 4.25. The van der Waals surface area contributed by atoms with E-state index in [4.69, 9.17) is 4.74 Å². The van der Waals surface area contributed by atoms with Crippen LogP contribution in [0, 0.1) is 0 Å². The zero-order chi connectivity index (χ0) is 15.2. The Bertz CT molecular complexity index is 768. The lowest BCUT2D eigenvalue weighted by atomic mass is 10.0. The molecule has 0 saturated heterocycles. The number of hydrogen-bond acceptors (Lipinski definition) is 3. The van der Waals surface area contributed by atoms with Crippen molar-refractivity contribution in [3.05, 3.63) is 78.9 Å². The van der Waals surface area contributed by atoms with Crippen LogP contribution in [0.2, 0.25) is 0 Å². The average molecular weight is 288 g/mol. The molecule has 3 aromatic carbocycles. The number of ether oxygens (including phenoxy) is 1. The highest BCUT2D eigenvalue weighted by Gasteiger charge is 2.10. The Hall–Kier alpha value is -2.94. The van der Waals surface area contributed by atoms with E-state index in [1.807, 2.05) is 66.7 Å². The van der Waals surface area contributed by atoms with Crippen molar-refractivity contribution >= 4 is 11.4 Å². The first-order chi connectivity index (χ1) is 10.9. The van der Waals surface area contributed by atoms with E-state index in [1.165, 1.54) is 0 Å². The molecule has 0 aliphatic heterocycles. The Morgan fingerprint density at radius 3 is 2.05 bits per heavy atom. The second-order valence-corrected chi connectivity index (χ2v) is 4.76. The maximum absolute atomic E-state index is 5.57. The summed E-state index contributed by atoms with van der Waals surface area (Å²) in [4.78, 5) is 0. The van der Waals surface area contributed by atoms with Crippen molar-refractivity contribution in [2.24, 2.45) is 10.2 Å². The number of azo groups is 1. The molecule has 0 N–H and O–H groups in total. The summed E-state index contributed by atoms with van der Waals surface area (Å²) < 4.78 is 5.57. The highest BCUT2D eigenvalue weighted by molar-refractivity contribution is 5.76. The number of nitrogens with zero attached hydrogens (tertiary/aromatic N) is 2. The maximum atomic E-state index is 5.57. The molecule has 0 unspecified atom stereocenters. The van der Waals surface area contributed by atoms with Crippen LogP contribution in [0.5, 0.6) is 5.75 Å². The quantitative estimate of drug-likeness (QED) is 0.560. The molecule has 0 atom stereocenters. The first-order valence-electron chi connectivity index (χ1n) is 7.07. The van der Waals surface area contributed by atoms with Gasteiger partial charge in [-0.25, -0.2) is 0 Å². The Balaban J connectivity index is 2.01. The number of para-hydroxylation sites is 1. The SMILES string of the molecule is COc1c(N=Nc2ccccc2)cccc1-c1ccccc1. The van der Waals surface area contributed by atoms with Gasteiger partial charge >= 0.3 is 0 Å². The van der Waals surface area contributed by atoms with Gasteiger partial charge in [-0.2, -0.15) is 5.11 Å². The van der Waals surface area contributed by atoms with Gasteiger partial charge in [-0.3, -0.25) is 0 Å². The predicted octanol–water partition coefficient (Wildman–Crippen LogP) is 5.78. The molecule has 3 rings (SSSR count). The molecule has 3 nitrogen and oxygen atoms in total. The summed E-state index contributed by atoms with van der Waals surface area (Å²) in [5, 5.41) is 8.60. The van der Waals surface area contributed by atoms with Crippen LogP contribution in [0.3, 0.4) is 0 Å². The molecule has 3 heteroatoms. The van der Waals surface area contributed by atoms with E-state index in [1.54, 1.807) is 7.11 Å². The molecule has 0 aliphatic carbocycles. The zero-order valence-corrected chi connectivity index (χ0v) is 12.3. The molecule has 0 bridgehead atoms. The monoisotopic (exact) mass is 288 g/mol. The van der Waals surface area contributed by atoms with Crippen molar-refractivity contribution in [3.63, 3.8) is 0 Å². The van der Waals surface area contributed by atoms with Gasteiger partial charge < -0.3 is 4.74 Å². The van der Waals surface area contributed by atoms with Crippen LogP contribution in [-0.2, 0) is 0 Å². The van der Waals surface area contributed by atoms with Crippen LogP contribution in [0.15, 0.2) is 89.1 Å². The molecule has 108 valence electrons. The highest BCUT2D eigenvalue weighted by atomic mass is 16.5. The van der Waals surface area contributed by atoms with Crippen molar-refractivity contribution in [2.45, 2.75) is 0 Å². The first-order valence-corrected chi connectivity index (χ1v) is 7.07. The van der Waals surface area contributed by atoms with E-state index in [0.29, 0.717) is 5.69 Å². The second kappa shape index (κ2) is 6.68. The number of methoxy groups -OCH3 is 1. The first kappa shape index (κ1) is 14.0. The molecule has 0 spiro atoms. The summed E-state index contributed by atoms with van der Waals surface area (Å²) >= 11 is 0. The van der Waals surface area contributed by atoms with Gasteiger partial charge in [-0.15, -0.1) is 5.11 Å². The molecule has 0 aliphatic rings. The second-order valence-electron chi connectivity index (χ2n) is 4.76. The van der Waals surface area contributed by atoms with Gasteiger partial charge in [0.1, 0.15) is 5.69 Å². The Labute approximate surface area is 129 Å². The van der Waals surface area contributed by atoms with Crippen LogP contribution in [0.1, 0.15) is 0 Å². The van der Waals surface area contributed by atoms with E-state index >= 15 is 0 Å². The van der Waals surface area contributed by atoms with Gasteiger partial charge in [-0.1, -0.05) is 60.7 Å². The van der Waals surface area contributed by atoms with Crippen LogP contribution >= 0.6 is 0 Å². The number of benzene rings is 3. The summed E-state index contributed by atoms with van der Waals surface area (Å²) in [5.41, 5.74) is 3.63. The molecule has 0 heterocycles. The smallest absolute Gasteiger partial charge is 0.154 e. The normalized spacial score (nSPS) is 10.8. The molecule has 0 radical (unpaired) electrons. The van der Waals surface area contributed by atoms with E-state index in [0.717, 1.165) is 22.6 Å². The fourth-order valence-electron chi connectivity index (χ4n) is 2.27. The van der Waals surface area contributed by atoms with Crippen molar-refractivity contribution in [3.8, 4) is 16.9 Å². The molecular formula is C19H16N2O. The summed E-state index contributed by atoms with van der Waals surface area (Å²) in [5.74, 6) is 0.730. The molecule has 0 fully saturated rings. The largest absolute Gasteiger partial charge is 0.494 e. The van der Waals surface area contributed by atoms with Gasteiger partial charge in [0, 0.05) is 5.56 Å². The number of rotatable bonds is 4. The summed E-state index contributed by atoms with van der Waals surface area (Å²) in [6, 6.07) is 25.7. The summed E-state index contributed by atoms with van der Waals surface area (Å²) in [7, 11) is 1.66. The predicted molar refractivity (Wildman–Crippen MR) is 89.0 cm³/mol. The third-order valence-electron chi connectivity index (χ3n) is 3.31. The van der Waals surface area contributed by atoms with Crippen molar-refractivity contribution in [1.29, 1.82) is 0 Å². The molecule has 0 aromatic heterocycles. The lowest BCUT2D eigenvalue weighted by Gasteiger charge is -2.10. The van der Waals surface area contributed by atoms with Crippen molar-refractivity contribution in [1.82, 2.24) is 0 Å². The lowest BCUT2D eigenvalue weighted by molar-refractivity contribution is 0.417. The molecule has 22 heavy (non-hydrogen) atoms. The molecular weight excluding hydrogens is 272 g/mol. The Morgan fingerprint density at radius 2 is 1.36 bits per heavy atom. The van der Waals surface area contributed by atoms with Gasteiger partial charge in [0.15, 0.2) is 5.75 Å². The average Bonchev–Trinajstić information content (AvgIpc) is 2.61. The fraction of sp³-hybridized carbons (Fsp3) is 0.0526. The minimum Gasteiger partial charge on any atom is -0.494 e. The van der Waals surface area contributed by atoms with Gasteiger partial charge in [0.25, 0.3) is 0 Å². The van der Waals surface area contributed by atoms with Crippen LogP contribution in [0.25, 0.3) is 11.1 Å². The summed E-state index contributed by atoms with van der Waals surface area (Å²) in [6.45, 7) is 0. The fourth-order valence-corrected chi connectivity index (χ4v) is 2.27. The standard InChI is InChI=1S/C19H16N2O/c1-22-19-17(15-9-4-2-5-10-15)13-8-14-18(19)21-20-16-11-6-3-7-12-16/h2-14H,1H3. The molecule has 0 amide bonds. The van der Waals surface area contributed by atoms with Crippen LogP contribution < -0.4 is 4.74 Å².